The van der Waals surface area contributed by atoms with Gasteiger partial charge in [-0.1, -0.05) is 291 Å². The van der Waals surface area contributed by atoms with Crippen LogP contribution in [0.1, 0.15) is 12.3 Å². The Hall–Kier alpha value is -18.0. The van der Waals surface area contributed by atoms with Crippen molar-refractivity contribution in [3.8, 4) is 66.8 Å². The van der Waals surface area contributed by atoms with Crippen molar-refractivity contribution in [2.45, 2.75) is 0 Å². The Bertz CT molecular complexity index is 9390. The van der Waals surface area contributed by atoms with Crippen LogP contribution in [0.5, 0.6) is 0 Å². The summed E-state index contributed by atoms with van der Waals surface area (Å²) in [7, 11) is 0. The number of hydrogen-bond acceptors (Lipinski definition) is 9. The summed E-state index contributed by atoms with van der Waals surface area (Å²) >= 11 is 0. The fraction of sp³-hybridized carbons (Fsp3) is 0.0244. The molecule has 0 fully saturated rings. The minimum atomic E-state index is -3.34. The number of benzene rings is 17. The van der Waals surface area contributed by atoms with Crippen molar-refractivity contribution in [2.75, 3.05) is 0 Å². The van der Waals surface area contributed by atoms with Gasteiger partial charge in [0.05, 0.1) is 51.7 Å². The molecule has 0 N–H and O–H groups in total. The number of hydrogen-bond donors (Lipinski definition) is 0. The summed E-state index contributed by atoms with van der Waals surface area (Å²) in [5.41, 5.74) is 11.3. The number of aryl methyl sites for hydroxylation is 3. The molecule has 12 nitrogen and oxygen atoms in total. The van der Waals surface area contributed by atoms with Gasteiger partial charge in [-0.2, -0.15) is 0 Å². The van der Waals surface area contributed by atoms with Crippen molar-refractivity contribution < 1.29 is 25.6 Å². The zero-order valence-corrected chi connectivity index (χ0v) is 72.0. The molecular weight excluding hydrogens is 1660 g/mol. The average Bonchev–Trinajstić information content (AvgIpc) is 1.73. The van der Waals surface area contributed by atoms with Crippen LogP contribution >= 0.6 is 0 Å². The van der Waals surface area contributed by atoms with Gasteiger partial charge in [-0.15, -0.1) is 0 Å². The van der Waals surface area contributed by atoms with Gasteiger partial charge in [0.15, 0.2) is 0 Å². The van der Waals surface area contributed by atoms with Gasteiger partial charge in [-0.05, 0) is 224 Å². The first-order valence-electron chi connectivity index (χ1n) is 49.0. The lowest BCUT2D eigenvalue weighted by Crippen LogP contribution is -2.19. The topological polar surface area (TPSA) is 144 Å². The number of aromatic nitrogens is 6. The number of furan rings is 3. The van der Waals surface area contributed by atoms with Gasteiger partial charge >= 0.3 is 0 Å². The molecule has 44 aromatic rings. The summed E-state index contributed by atoms with van der Waals surface area (Å²) in [6.07, 6.45) is 3.73. The van der Waals surface area contributed by atoms with Crippen molar-refractivity contribution in [1.29, 1.82) is 0 Å². The summed E-state index contributed by atoms with van der Waals surface area (Å²) in [5, 5.41) is 16.3. The quantitative estimate of drug-likeness (QED) is 0.159. The molecule has 0 aliphatic rings. The standard InChI is InChI=1S/C123H78N6O6/c1-127-88-52-58-112(124-70-88)79-49-55-100(109(67-79)76-43-37-73(38-44-76)94-28-16-31-106-103-25-10-13-34-115(103)133-118(94)106)97-22-7-4-19-91(97)82-61-83-63-84(62-82)93-21-6-9-24-99(93)102-57-51-81(69-111(102)78-47-41-75(42-48-78)96-30-18-33-108-105-27-12-15-36-117(105)135-120(96)108)114-60-54-90(72-126-114)129(3)123(132)87-65-85(121(127)130)64-86(66-87)122(131)128(2)89-53-59-113(125-71-89)80-50-56-101(98-23-8-5-20-92(83)98)110(68-80)77-45-39-74(40-46-77)95-29-17-32-107-104-26-11-14-35-116(104)134-119(95)107/h4-72H,1-3H3/i1D3,2D3,3D3. The lowest BCUT2D eigenvalue weighted by Gasteiger charge is -2.12. The molecule has 17 aromatic carbocycles. The van der Waals surface area contributed by atoms with E-state index in [1.165, 1.54) is 36.8 Å². The van der Waals surface area contributed by atoms with E-state index >= 15 is 14.4 Å². The molecule has 0 saturated heterocycles. The molecule has 27 aromatic heterocycles. The number of nitrogens with zero attached hydrogens (tertiary/aromatic N) is 6. The Kier molecular flexibility index (Phi) is 16.6. The smallest absolute Gasteiger partial charge is 0.258 e. The van der Waals surface area contributed by atoms with Crippen molar-refractivity contribution >= 4 is 196 Å². The highest BCUT2D eigenvalue weighted by Crippen LogP contribution is 2.45. The van der Waals surface area contributed by atoms with E-state index in [-0.39, 0.29) is 16.6 Å². The van der Waals surface area contributed by atoms with Gasteiger partial charge in [-0.3, -0.25) is 29.3 Å². The molecule has 44 rings (SSSR count). The molecule has 0 amide bonds. The Balaban J connectivity index is 0.852. The largest absolute Gasteiger partial charge is 0.455 e. The molecule has 0 saturated carbocycles. The normalized spacial score (nSPS) is 13.0. The van der Waals surface area contributed by atoms with Gasteiger partial charge in [0.1, 0.15) is 33.5 Å². The molecule has 0 radical (unpaired) electrons. The summed E-state index contributed by atoms with van der Waals surface area (Å²) in [6, 6.07) is 130. The van der Waals surface area contributed by atoms with Crippen molar-refractivity contribution in [2.24, 2.45) is 20.9 Å². The van der Waals surface area contributed by atoms with E-state index in [1.54, 1.807) is 18.2 Å². The number of fused-ring (bicyclic) bond motifs is 9. The zero-order valence-electron chi connectivity index (χ0n) is 81.0. The van der Waals surface area contributed by atoms with Crippen molar-refractivity contribution in [3.05, 3.63) is 450 Å². The molecule has 0 aliphatic heterocycles. The van der Waals surface area contributed by atoms with Crippen LogP contribution in [0, 0.1) is 0 Å². The van der Waals surface area contributed by atoms with Gasteiger partial charge < -0.3 is 27.0 Å². The first kappa shape index (κ1) is 70.0. The first-order valence-corrected chi connectivity index (χ1v) is 44.5. The lowest BCUT2D eigenvalue weighted by molar-refractivity contribution is 0.669. The first-order chi connectivity index (χ1) is 70.0. The highest BCUT2D eigenvalue weighted by molar-refractivity contribution is 6.20. The van der Waals surface area contributed by atoms with Crippen LogP contribution in [0.15, 0.2) is 447 Å². The van der Waals surface area contributed by atoms with Crippen LogP contribution in [-0.2, 0) is 20.9 Å². The number of pyridine rings is 3. The highest BCUT2D eigenvalue weighted by Gasteiger charge is 2.20. The molecule has 0 spiro atoms. The third-order valence-electron chi connectivity index (χ3n) is 26.5. The Morgan fingerprint density at radius 3 is 0.711 bits per heavy atom. The Morgan fingerprint density at radius 2 is 0.444 bits per heavy atom. The van der Waals surface area contributed by atoms with Crippen LogP contribution in [0.25, 0.3) is 263 Å². The van der Waals surface area contributed by atoms with Gasteiger partial charge in [0, 0.05) is 115 Å². The molecule has 135 heavy (non-hydrogen) atoms. The number of para-hydroxylation sites is 6. The monoisotopic (exact) mass is 1740 g/mol. The minimum absolute atomic E-state index is 0.244. The maximum Gasteiger partial charge on any atom is 0.258 e. The molecule has 18 bridgehead atoms. The Morgan fingerprint density at radius 1 is 0.200 bits per heavy atom. The lowest BCUT2D eigenvalue weighted by atomic mass is 9.92. The maximum atomic E-state index is 16.0. The second-order valence-electron chi connectivity index (χ2n) is 34.2. The third-order valence-corrected chi connectivity index (χ3v) is 26.5. The van der Waals surface area contributed by atoms with E-state index in [0.717, 1.165) is 215 Å². The summed E-state index contributed by atoms with van der Waals surface area (Å²) in [6.45, 7) is -10.0. The van der Waals surface area contributed by atoms with Crippen LogP contribution in [-0.4, -0.2) is 28.7 Å². The molecule has 0 unspecified atom stereocenters. The van der Waals surface area contributed by atoms with Crippen LogP contribution in [0.2, 0.25) is 0 Å². The van der Waals surface area contributed by atoms with Crippen molar-refractivity contribution in [3.63, 3.8) is 0 Å². The van der Waals surface area contributed by atoms with Crippen molar-refractivity contribution in [1.82, 2.24) is 28.7 Å². The van der Waals surface area contributed by atoms with Gasteiger partial charge in [-0.25, -0.2) is 0 Å². The second-order valence-corrected chi connectivity index (χ2v) is 34.2. The van der Waals surface area contributed by atoms with Crippen LogP contribution in [0.3, 0.4) is 0 Å². The van der Waals surface area contributed by atoms with E-state index in [9.17, 15) is 12.3 Å². The van der Waals surface area contributed by atoms with E-state index in [1.807, 2.05) is 109 Å². The highest BCUT2D eigenvalue weighted by atomic mass is 16.3. The summed E-state index contributed by atoms with van der Waals surface area (Å²) < 4.78 is 104. The fourth-order valence-corrected chi connectivity index (χ4v) is 19.8. The van der Waals surface area contributed by atoms with E-state index < -0.39 is 53.8 Å². The molecular formula is C123H78N6O6. The fourth-order valence-electron chi connectivity index (χ4n) is 19.8. The van der Waals surface area contributed by atoms with Gasteiger partial charge in [0.2, 0.25) is 0 Å². The molecule has 0 aliphatic carbocycles. The SMILES string of the molecule is [2H]C([2H])([2H])n1c(=O)c2cc3cc(c2)c(=O)n(C([2H])([2H])[2H])c2ccc(nc2)c2ccc(c(-c4ccc(-c5cccc6c5oc5ccccc56)cc4)c2)c2ccccc2c2cc(cc(c2)c2ccccc2c2ccc(cc2-c2ccc(-c4cccc5c4oc4ccccc45)cc2)c2ccc(cn2)n(C([2H])([2H])[2H])c3=O)c2ccccc2c2ccc(cc2-c2ccc(-c3cccc4c3oc3ccccc34)cc2)c2ccc1cn2. The van der Waals surface area contributed by atoms with E-state index in [0.29, 0.717) is 46.4 Å². The van der Waals surface area contributed by atoms with E-state index in [4.69, 9.17) is 28.2 Å². The van der Waals surface area contributed by atoms with E-state index in [2.05, 4.69) is 237 Å². The third kappa shape index (κ3) is 13.6. The predicted molar refractivity (Wildman–Crippen MR) is 559 cm³/mol. The minimum Gasteiger partial charge on any atom is -0.455 e. The second kappa shape index (κ2) is 32.0. The van der Waals surface area contributed by atoms with Crippen LogP contribution in [0.4, 0.5) is 0 Å². The zero-order chi connectivity index (χ0) is 97.7. The average molecular weight is 1750 g/mol. The Labute approximate surface area is 783 Å². The molecule has 636 valence electrons. The maximum absolute atomic E-state index is 16.0. The molecule has 0 atom stereocenters. The summed E-state index contributed by atoms with van der Waals surface area (Å²) in [4.78, 5) is 62.9. The molecule has 27 heterocycles. The van der Waals surface area contributed by atoms with Gasteiger partial charge in [0.25, 0.3) is 16.7 Å². The van der Waals surface area contributed by atoms with Crippen LogP contribution < -0.4 is 16.7 Å². The number of rotatable bonds is 6. The predicted octanol–water partition coefficient (Wildman–Crippen LogP) is 30.6. The summed E-state index contributed by atoms with van der Waals surface area (Å²) in [5.74, 6) is 0. The molecule has 12 heteroatoms.